The number of hydrogen-bond donors (Lipinski definition) is 0. The maximum atomic E-state index is 6.00. The number of rotatable bonds is 3. The minimum Gasteiger partial charge on any atom is -0.191 e. The van der Waals surface area contributed by atoms with Crippen LogP contribution in [0, 0.1) is 0 Å². The predicted molar refractivity (Wildman–Crippen MR) is 106 cm³/mol. The minimum atomic E-state index is 0.207. The van der Waals surface area contributed by atoms with Gasteiger partial charge in [0.2, 0.25) is 5.16 Å². The fourth-order valence-electron chi connectivity index (χ4n) is 2.68. The van der Waals surface area contributed by atoms with E-state index < -0.39 is 0 Å². The van der Waals surface area contributed by atoms with E-state index in [1.165, 1.54) is 5.56 Å². The third kappa shape index (κ3) is 3.52. The Balaban J connectivity index is 1.70. The molecule has 1 atom stereocenters. The van der Waals surface area contributed by atoms with E-state index in [0.29, 0.717) is 6.42 Å². The molecule has 0 bridgehead atoms. The van der Waals surface area contributed by atoms with Crippen molar-refractivity contribution in [1.82, 2.24) is 14.9 Å². The molecule has 1 aliphatic heterocycles. The van der Waals surface area contributed by atoms with E-state index >= 15 is 0 Å². The first-order chi connectivity index (χ1) is 12.1. The molecule has 1 aromatic heterocycles. The van der Waals surface area contributed by atoms with Crippen molar-refractivity contribution >= 4 is 45.0 Å². The van der Waals surface area contributed by atoms with Gasteiger partial charge in [-0.05, 0) is 42.3 Å². The maximum Gasteiger partial charge on any atom is 0.212 e. The summed E-state index contributed by atoms with van der Waals surface area (Å²) in [5.41, 5.74) is 3.25. The van der Waals surface area contributed by atoms with Crippen LogP contribution in [0.4, 0.5) is 0 Å². The number of nitrogens with zero attached hydrogens (tertiary/aromatic N) is 4. The van der Waals surface area contributed by atoms with Crippen LogP contribution in [0.15, 0.2) is 63.3 Å². The van der Waals surface area contributed by atoms with E-state index in [9.17, 15) is 0 Å². The van der Waals surface area contributed by atoms with Crippen molar-refractivity contribution in [3.8, 4) is 0 Å². The van der Waals surface area contributed by atoms with Crippen LogP contribution in [0.5, 0.6) is 0 Å². The quantitative estimate of drug-likeness (QED) is 0.582. The SMILES string of the molecule is C[C@H]1Sc2nnc(Cc3ccc(Br)cc3)n2N=C1c1ccc(Cl)cc1. The van der Waals surface area contributed by atoms with Gasteiger partial charge in [-0.3, -0.25) is 0 Å². The van der Waals surface area contributed by atoms with Crippen molar-refractivity contribution in [2.45, 2.75) is 23.8 Å². The molecule has 0 saturated carbocycles. The lowest BCUT2D eigenvalue weighted by atomic mass is 10.1. The highest BCUT2D eigenvalue weighted by atomic mass is 79.9. The molecule has 1 aliphatic rings. The Labute approximate surface area is 163 Å². The summed E-state index contributed by atoms with van der Waals surface area (Å²) < 4.78 is 2.92. The number of halogens is 2. The van der Waals surface area contributed by atoms with Crippen molar-refractivity contribution < 1.29 is 0 Å². The predicted octanol–water partition coefficient (Wildman–Crippen LogP) is 5.03. The van der Waals surface area contributed by atoms with Crippen LogP contribution in [-0.2, 0) is 6.42 Å². The zero-order valence-electron chi connectivity index (χ0n) is 13.4. The van der Waals surface area contributed by atoms with Gasteiger partial charge in [-0.2, -0.15) is 9.78 Å². The summed E-state index contributed by atoms with van der Waals surface area (Å²) in [5, 5.41) is 15.2. The number of fused-ring (bicyclic) bond motifs is 1. The van der Waals surface area contributed by atoms with Gasteiger partial charge in [-0.25, -0.2) is 0 Å². The fraction of sp³-hybridized carbons (Fsp3) is 0.167. The highest BCUT2D eigenvalue weighted by Gasteiger charge is 2.25. The van der Waals surface area contributed by atoms with E-state index in [4.69, 9.17) is 16.7 Å². The maximum absolute atomic E-state index is 6.00. The Morgan fingerprint density at radius 3 is 2.52 bits per heavy atom. The molecule has 2 heterocycles. The van der Waals surface area contributed by atoms with Crippen molar-refractivity contribution in [2.75, 3.05) is 0 Å². The zero-order valence-corrected chi connectivity index (χ0v) is 16.5. The summed E-state index contributed by atoms with van der Waals surface area (Å²) in [4.78, 5) is 0. The second kappa shape index (κ2) is 6.94. The van der Waals surface area contributed by atoms with Gasteiger partial charge in [-0.15, -0.1) is 10.2 Å². The van der Waals surface area contributed by atoms with E-state index in [0.717, 1.165) is 31.8 Å². The third-order valence-corrected chi connectivity index (χ3v) is 5.79. The third-order valence-electron chi connectivity index (χ3n) is 3.97. The molecule has 0 unspecified atom stereocenters. The summed E-state index contributed by atoms with van der Waals surface area (Å²) in [5.74, 6) is 0.836. The Morgan fingerprint density at radius 2 is 1.80 bits per heavy atom. The summed E-state index contributed by atoms with van der Waals surface area (Å²) in [6.45, 7) is 2.13. The number of aromatic nitrogens is 3. The molecule has 0 fully saturated rings. The van der Waals surface area contributed by atoms with Gasteiger partial charge in [0, 0.05) is 15.9 Å². The van der Waals surface area contributed by atoms with E-state index in [-0.39, 0.29) is 5.25 Å². The molecule has 0 N–H and O–H groups in total. The molecule has 0 radical (unpaired) electrons. The number of thioether (sulfide) groups is 1. The first-order valence-electron chi connectivity index (χ1n) is 7.80. The van der Waals surface area contributed by atoms with Crippen molar-refractivity contribution in [1.29, 1.82) is 0 Å². The van der Waals surface area contributed by atoms with Crippen molar-refractivity contribution in [3.05, 3.63) is 75.0 Å². The van der Waals surface area contributed by atoms with Crippen LogP contribution < -0.4 is 0 Å². The van der Waals surface area contributed by atoms with E-state index in [2.05, 4.69) is 45.2 Å². The molecule has 2 aromatic carbocycles. The number of benzene rings is 2. The van der Waals surface area contributed by atoms with Gasteiger partial charge in [0.1, 0.15) is 0 Å². The topological polar surface area (TPSA) is 43.1 Å². The van der Waals surface area contributed by atoms with Gasteiger partial charge in [0.15, 0.2) is 5.82 Å². The van der Waals surface area contributed by atoms with Crippen LogP contribution in [0.25, 0.3) is 0 Å². The Bertz CT molecular complexity index is 935. The highest BCUT2D eigenvalue weighted by molar-refractivity contribution is 9.10. The Kier molecular flexibility index (Phi) is 4.67. The van der Waals surface area contributed by atoms with E-state index in [1.807, 2.05) is 41.1 Å². The fourth-order valence-corrected chi connectivity index (χ4v) is 4.02. The molecule has 0 saturated heterocycles. The lowest BCUT2D eigenvalue weighted by Crippen LogP contribution is -2.22. The van der Waals surface area contributed by atoms with Crippen LogP contribution in [-0.4, -0.2) is 25.8 Å². The van der Waals surface area contributed by atoms with Gasteiger partial charge in [0.05, 0.1) is 11.0 Å². The normalized spacial score (nSPS) is 16.4. The molecule has 7 heteroatoms. The Morgan fingerprint density at radius 1 is 1.08 bits per heavy atom. The summed E-state index contributed by atoms with van der Waals surface area (Å²) in [6.07, 6.45) is 0.687. The number of hydrogen-bond acceptors (Lipinski definition) is 4. The van der Waals surface area contributed by atoms with Crippen LogP contribution in [0.2, 0.25) is 5.02 Å². The van der Waals surface area contributed by atoms with Gasteiger partial charge in [-0.1, -0.05) is 63.6 Å². The van der Waals surface area contributed by atoms with Crippen LogP contribution >= 0.6 is 39.3 Å². The second-order valence-corrected chi connectivity index (χ2v) is 8.43. The zero-order chi connectivity index (χ0) is 17.4. The summed E-state index contributed by atoms with van der Waals surface area (Å²) in [7, 11) is 0. The molecule has 4 nitrogen and oxygen atoms in total. The molecule has 126 valence electrons. The summed E-state index contributed by atoms with van der Waals surface area (Å²) >= 11 is 11.1. The average Bonchev–Trinajstić information content (AvgIpc) is 2.99. The van der Waals surface area contributed by atoms with Gasteiger partial charge >= 0.3 is 0 Å². The molecule has 4 rings (SSSR count). The minimum absolute atomic E-state index is 0.207. The highest BCUT2D eigenvalue weighted by Crippen LogP contribution is 2.30. The second-order valence-electron chi connectivity index (χ2n) is 5.77. The van der Waals surface area contributed by atoms with Crippen molar-refractivity contribution in [3.63, 3.8) is 0 Å². The lowest BCUT2D eigenvalue weighted by Gasteiger charge is -2.20. The lowest BCUT2D eigenvalue weighted by molar-refractivity contribution is 0.714. The van der Waals surface area contributed by atoms with Gasteiger partial charge < -0.3 is 0 Å². The van der Waals surface area contributed by atoms with Crippen LogP contribution in [0.1, 0.15) is 23.9 Å². The molecule has 0 amide bonds. The summed E-state index contributed by atoms with van der Waals surface area (Å²) in [6, 6.07) is 16.0. The van der Waals surface area contributed by atoms with E-state index in [1.54, 1.807) is 11.8 Å². The molecular formula is C18H14BrClN4S. The molecule has 0 aliphatic carbocycles. The van der Waals surface area contributed by atoms with Crippen LogP contribution in [0.3, 0.4) is 0 Å². The standard InChI is InChI=1S/C18H14BrClN4S/c1-11-17(13-4-8-15(20)9-5-13)23-24-16(21-22-18(24)25-11)10-12-2-6-14(19)7-3-12/h2-9,11H,10H2,1H3/t11-/m1/s1. The molecule has 25 heavy (non-hydrogen) atoms. The molecule has 3 aromatic rings. The Hall–Kier alpha value is -1.63. The molecule has 0 spiro atoms. The first-order valence-corrected chi connectivity index (χ1v) is 9.85. The largest absolute Gasteiger partial charge is 0.212 e. The van der Waals surface area contributed by atoms with Crippen molar-refractivity contribution in [2.24, 2.45) is 5.10 Å². The smallest absolute Gasteiger partial charge is 0.191 e. The monoisotopic (exact) mass is 432 g/mol. The van der Waals surface area contributed by atoms with Gasteiger partial charge in [0.25, 0.3) is 0 Å². The molecular weight excluding hydrogens is 420 g/mol. The average molecular weight is 434 g/mol. The first kappa shape index (κ1) is 16.8.